The van der Waals surface area contributed by atoms with Gasteiger partial charge in [0, 0.05) is 11.3 Å². The molecule has 0 saturated carbocycles. The summed E-state index contributed by atoms with van der Waals surface area (Å²) < 4.78 is 1.75. The average molecular weight is 265 g/mol. The molecule has 0 fully saturated rings. The maximum Gasteiger partial charge on any atom is 0.187 e. The molecule has 100 valence electrons. The molecule has 3 aromatic rings. The third kappa shape index (κ3) is 1.93. The Morgan fingerprint density at radius 2 is 1.80 bits per heavy atom. The van der Waals surface area contributed by atoms with E-state index in [1.54, 1.807) is 4.68 Å². The Labute approximate surface area is 117 Å². The topological polar surface area (TPSA) is 69.6 Å². The van der Waals surface area contributed by atoms with E-state index in [0.717, 1.165) is 28.1 Å². The molecule has 0 atom stereocenters. The monoisotopic (exact) mass is 265 g/mol. The zero-order chi connectivity index (χ0) is 14.1. The zero-order valence-corrected chi connectivity index (χ0v) is 11.4. The zero-order valence-electron chi connectivity index (χ0n) is 11.4. The predicted octanol–water partition coefficient (Wildman–Crippen LogP) is 2.53. The fourth-order valence-corrected chi connectivity index (χ4v) is 2.21. The molecule has 3 rings (SSSR count). The van der Waals surface area contributed by atoms with E-state index in [1.165, 1.54) is 0 Å². The Morgan fingerprint density at radius 1 is 1.00 bits per heavy atom. The smallest absolute Gasteiger partial charge is 0.187 e. The van der Waals surface area contributed by atoms with Crippen molar-refractivity contribution >= 4 is 5.69 Å². The van der Waals surface area contributed by atoms with Gasteiger partial charge in [0.25, 0.3) is 0 Å². The highest BCUT2D eigenvalue weighted by atomic mass is 15.5. The minimum absolute atomic E-state index is 0.698. The average Bonchev–Trinajstić information content (AvgIpc) is 2.91. The van der Waals surface area contributed by atoms with E-state index in [-0.39, 0.29) is 0 Å². The molecule has 1 heterocycles. The van der Waals surface area contributed by atoms with Crippen LogP contribution in [0.15, 0.2) is 42.5 Å². The lowest BCUT2D eigenvalue weighted by Crippen LogP contribution is -2.03. The van der Waals surface area contributed by atoms with E-state index in [2.05, 4.69) is 15.5 Å². The molecular weight excluding hydrogens is 250 g/mol. The van der Waals surface area contributed by atoms with Crippen molar-refractivity contribution in [2.75, 3.05) is 5.73 Å². The largest absolute Gasteiger partial charge is 0.398 e. The molecule has 0 amide bonds. The summed E-state index contributed by atoms with van der Waals surface area (Å²) in [6.07, 6.45) is 0. The van der Waals surface area contributed by atoms with Gasteiger partial charge in [-0.2, -0.15) is 4.68 Å². The molecule has 5 nitrogen and oxygen atoms in total. The van der Waals surface area contributed by atoms with E-state index in [0.29, 0.717) is 5.82 Å². The number of nitrogens with two attached hydrogens (primary N) is 1. The highest BCUT2D eigenvalue weighted by molar-refractivity contribution is 5.69. The van der Waals surface area contributed by atoms with Gasteiger partial charge in [-0.25, -0.2) is 0 Å². The number of tetrazole rings is 1. The van der Waals surface area contributed by atoms with Crippen molar-refractivity contribution in [2.24, 2.45) is 0 Å². The van der Waals surface area contributed by atoms with Gasteiger partial charge in [0.15, 0.2) is 5.82 Å². The van der Waals surface area contributed by atoms with Crippen LogP contribution in [0, 0.1) is 13.8 Å². The normalized spacial score (nSPS) is 10.7. The number of aryl methyl sites for hydroxylation is 1. The molecule has 5 heteroatoms. The summed E-state index contributed by atoms with van der Waals surface area (Å²) in [5.41, 5.74) is 10.7. The van der Waals surface area contributed by atoms with E-state index < -0.39 is 0 Å². The van der Waals surface area contributed by atoms with Crippen LogP contribution in [0.25, 0.3) is 17.1 Å². The molecule has 2 aromatic carbocycles. The fourth-order valence-electron chi connectivity index (χ4n) is 2.21. The van der Waals surface area contributed by atoms with Crippen LogP contribution in [0.5, 0.6) is 0 Å². The summed E-state index contributed by atoms with van der Waals surface area (Å²) in [7, 11) is 0. The van der Waals surface area contributed by atoms with Crippen molar-refractivity contribution in [3.05, 3.63) is 53.6 Å². The number of aromatic nitrogens is 4. The van der Waals surface area contributed by atoms with E-state index >= 15 is 0 Å². The Morgan fingerprint density at radius 3 is 2.60 bits per heavy atom. The van der Waals surface area contributed by atoms with Gasteiger partial charge in [0.1, 0.15) is 0 Å². The number of hydrogen-bond acceptors (Lipinski definition) is 4. The van der Waals surface area contributed by atoms with Crippen molar-refractivity contribution < 1.29 is 0 Å². The van der Waals surface area contributed by atoms with Crippen LogP contribution < -0.4 is 5.73 Å². The van der Waals surface area contributed by atoms with Gasteiger partial charge in [0.05, 0.1) is 5.69 Å². The van der Waals surface area contributed by atoms with Crippen LogP contribution in [0.2, 0.25) is 0 Å². The number of hydrogen-bond donors (Lipinski definition) is 1. The predicted molar refractivity (Wildman–Crippen MR) is 78.5 cm³/mol. The minimum atomic E-state index is 0.698. The number of para-hydroxylation sites is 1. The molecule has 1 aromatic heterocycles. The van der Waals surface area contributed by atoms with Crippen molar-refractivity contribution in [3.8, 4) is 17.1 Å². The molecular formula is C15H15N5. The molecule has 0 radical (unpaired) electrons. The number of nitrogen functional groups attached to an aromatic ring is 1. The second-order valence-corrected chi connectivity index (χ2v) is 4.72. The second-order valence-electron chi connectivity index (χ2n) is 4.72. The molecule has 0 aliphatic carbocycles. The van der Waals surface area contributed by atoms with Crippen molar-refractivity contribution in [2.45, 2.75) is 13.8 Å². The van der Waals surface area contributed by atoms with Crippen molar-refractivity contribution in [1.29, 1.82) is 0 Å². The van der Waals surface area contributed by atoms with Gasteiger partial charge in [-0.1, -0.05) is 30.3 Å². The first kappa shape index (κ1) is 12.3. The number of benzene rings is 2. The SMILES string of the molecule is Cc1ccccc1-n1nnnc1-c1cccc(N)c1C. The molecule has 0 aliphatic heterocycles. The minimum Gasteiger partial charge on any atom is -0.398 e. The Balaban J connectivity index is 2.21. The number of anilines is 1. The molecule has 0 bridgehead atoms. The van der Waals surface area contributed by atoms with Gasteiger partial charge in [-0.3, -0.25) is 0 Å². The molecule has 2 N–H and O–H groups in total. The van der Waals surface area contributed by atoms with E-state index in [4.69, 9.17) is 5.73 Å². The second kappa shape index (κ2) is 4.77. The first-order valence-corrected chi connectivity index (χ1v) is 6.38. The van der Waals surface area contributed by atoms with Gasteiger partial charge in [-0.05, 0) is 47.5 Å². The van der Waals surface area contributed by atoms with Crippen molar-refractivity contribution in [1.82, 2.24) is 20.2 Å². The summed E-state index contributed by atoms with van der Waals surface area (Å²) in [5, 5.41) is 12.1. The van der Waals surface area contributed by atoms with E-state index in [9.17, 15) is 0 Å². The van der Waals surface area contributed by atoms with Crippen LogP contribution in [-0.4, -0.2) is 20.2 Å². The highest BCUT2D eigenvalue weighted by Crippen LogP contribution is 2.27. The summed E-state index contributed by atoms with van der Waals surface area (Å²) in [6, 6.07) is 13.8. The van der Waals surface area contributed by atoms with Gasteiger partial charge in [0.2, 0.25) is 0 Å². The first-order chi connectivity index (χ1) is 9.68. The lowest BCUT2D eigenvalue weighted by atomic mass is 10.1. The van der Waals surface area contributed by atoms with Gasteiger partial charge in [-0.15, -0.1) is 5.10 Å². The lowest BCUT2D eigenvalue weighted by molar-refractivity contribution is 0.787. The summed E-state index contributed by atoms with van der Waals surface area (Å²) >= 11 is 0. The van der Waals surface area contributed by atoms with Gasteiger partial charge < -0.3 is 5.73 Å². The maximum atomic E-state index is 5.97. The van der Waals surface area contributed by atoms with Crippen LogP contribution in [-0.2, 0) is 0 Å². The third-order valence-electron chi connectivity index (χ3n) is 3.43. The van der Waals surface area contributed by atoms with Crippen LogP contribution >= 0.6 is 0 Å². The molecule has 0 spiro atoms. The molecule has 20 heavy (non-hydrogen) atoms. The fraction of sp³-hybridized carbons (Fsp3) is 0.133. The molecule has 0 saturated heterocycles. The summed E-state index contributed by atoms with van der Waals surface area (Å²) in [5.74, 6) is 0.698. The first-order valence-electron chi connectivity index (χ1n) is 6.38. The summed E-state index contributed by atoms with van der Waals surface area (Å²) in [4.78, 5) is 0. The van der Waals surface area contributed by atoms with Gasteiger partial charge >= 0.3 is 0 Å². The standard InChI is InChI=1S/C15H15N5/c1-10-6-3-4-9-14(10)20-15(17-18-19-20)12-7-5-8-13(16)11(12)2/h3-9H,16H2,1-2H3. The number of nitrogens with zero attached hydrogens (tertiary/aromatic N) is 4. The number of rotatable bonds is 2. The van der Waals surface area contributed by atoms with Crippen LogP contribution in [0.3, 0.4) is 0 Å². The van der Waals surface area contributed by atoms with Crippen molar-refractivity contribution in [3.63, 3.8) is 0 Å². The molecule has 0 aliphatic rings. The third-order valence-corrected chi connectivity index (χ3v) is 3.43. The Bertz CT molecular complexity index is 760. The Hall–Kier alpha value is -2.69. The van der Waals surface area contributed by atoms with Crippen LogP contribution in [0.1, 0.15) is 11.1 Å². The highest BCUT2D eigenvalue weighted by Gasteiger charge is 2.14. The van der Waals surface area contributed by atoms with E-state index in [1.807, 2.05) is 56.3 Å². The Kier molecular flexibility index (Phi) is 2.95. The summed E-state index contributed by atoms with van der Waals surface area (Å²) in [6.45, 7) is 4.01. The quantitative estimate of drug-likeness (QED) is 0.723. The van der Waals surface area contributed by atoms with Crippen LogP contribution in [0.4, 0.5) is 5.69 Å². The molecule has 0 unspecified atom stereocenters. The maximum absolute atomic E-state index is 5.97. The lowest BCUT2D eigenvalue weighted by Gasteiger charge is -2.10.